The van der Waals surface area contributed by atoms with Gasteiger partial charge in [-0.15, -0.1) is 0 Å². The molecule has 7 nitrogen and oxygen atoms in total. The van der Waals surface area contributed by atoms with Crippen molar-refractivity contribution in [3.05, 3.63) is 83.7 Å². The topological polar surface area (TPSA) is 78.9 Å². The van der Waals surface area contributed by atoms with Crippen LogP contribution in [0.25, 0.3) is 0 Å². The molecule has 36 heavy (non-hydrogen) atoms. The van der Waals surface area contributed by atoms with Crippen molar-refractivity contribution in [2.45, 2.75) is 26.6 Å². The van der Waals surface area contributed by atoms with E-state index in [4.69, 9.17) is 4.74 Å². The number of pyridine rings is 1. The van der Waals surface area contributed by atoms with Gasteiger partial charge in [0.05, 0.1) is 17.9 Å². The Labute approximate surface area is 208 Å². The number of amidine groups is 1. The predicted molar refractivity (Wildman–Crippen MR) is 134 cm³/mol. The molecule has 3 aromatic rings. The second-order valence-corrected chi connectivity index (χ2v) is 7.72. The van der Waals surface area contributed by atoms with E-state index in [2.05, 4.69) is 25.5 Å². The lowest BCUT2D eigenvalue weighted by Gasteiger charge is -2.25. The molecule has 0 saturated heterocycles. The van der Waals surface area contributed by atoms with Crippen molar-refractivity contribution in [1.82, 2.24) is 9.88 Å². The summed E-state index contributed by atoms with van der Waals surface area (Å²) in [5.41, 5.74) is 1.39. The number of rotatable bonds is 8. The van der Waals surface area contributed by atoms with Crippen molar-refractivity contribution in [3.63, 3.8) is 0 Å². The van der Waals surface area contributed by atoms with E-state index < -0.39 is 17.8 Å². The molecule has 1 heterocycles. The maximum Gasteiger partial charge on any atom is 0.416 e. The van der Waals surface area contributed by atoms with E-state index >= 15 is 0 Å². The monoisotopic (exact) mass is 499 g/mol. The van der Waals surface area contributed by atoms with Crippen LogP contribution in [-0.4, -0.2) is 41.9 Å². The van der Waals surface area contributed by atoms with Gasteiger partial charge in [0, 0.05) is 43.8 Å². The van der Waals surface area contributed by atoms with Gasteiger partial charge < -0.3 is 20.3 Å². The molecule has 0 aliphatic carbocycles. The number of anilines is 2. The fourth-order valence-electron chi connectivity index (χ4n) is 3.63. The zero-order valence-corrected chi connectivity index (χ0v) is 20.3. The molecule has 10 heteroatoms. The van der Waals surface area contributed by atoms with E-state index in [9.17, 15) is 18.0 Å². The summed E-state index contributed by atoms with van der Waals surface area (Å²) < 4.78 is 44.8. The summed E-state index contributed by atoms with van der Waals surface area (Å²) in [6.45, 7) is 5.19. The molecule has 0 atom stereocenters. The van der Waals surface area contributed by atoms with Gasteiger partial charge in [-0.2, -0.15) is 13.2 Å². The second kappa shape index (κ2) is 12.1. The number of carbonyl (C=O) groups excluding carboxylic acids is 1. The number of hydrogen-bond acceptors (Lipinski definition) is 4. The molecule has 0 saturated carbocycles. The molecule has 0 radical (unpaired) electrons. The van der Waals surface area contributed by atoms with Crippen molar-refractivity contribution in [3.8, 4) is 5.75 Å². The van der Waals surface area contributed by atoms with Gasteiger partial charge in [-0.3, -0.25) is 9.98 Å². The van der Waals surface area contributed by atoms with Crippen molar-refractivity contribution >= 4 is 23.2 Å². The third-order valence-corrected chi connectivity index (χ3v) is 5.24. The fraction of sp³-hybridized carbons (Fsp3) is 0.269. The number of benzene rings is 2. The quantitative estimate of drug-likeness (QED) is 0.293. The number of ether oxygens (including phenoxy) is 1. The Kier molecular flexibility index (Phi) is 8.88. The first kappa shape index (κ1) is 26.5. The molecule has 0 unspecified atom stereocenters. The molecule has 0 fully saturated rings. The molecule has 2 amide bonds. The van der Waals surface area contributed by atoms with Gasteiger partial charge in [-0.05, 0) is 61.9 Å². The van der Waals surface area contributed by atoms with Gasteiger partial charge in [0.25, 0.3) is 0 Å². The summed E-state index contributed by atoms with van der Waals surface area (Å²) >= 11 is 0. The van der Waals surface area contributed by atoms with E-state index in [1.165, 1.54) is 6.07 Å². The standard InChI is InChI=1S/C26H28F3N5O2/c1-4-34(24(30-3)19-11-13-31-14-12-19)17-18-7-6-8-21(15-18)32-25(35)33-22-16-20(26(27,28)29)9-10-23(22)36-5-2/h6-16H,4-5,17H2,1-3H3,(H2,32,33,35). The van der Waals surface area contributed by atoms with Crippen LogP contribution in [0.2, 0.25) is 0 Å². The van der Waals surface area contributed by atoms with E-state index in [0.717, 1.165) is 29.1 Å². The molecule has 0 aliphatic rings. The number of hydrogen-bond donors (Lipinski definition) is 2. The lowest BCUT2D eigenvalue weighted by Crippen LogP contribution is -2.31. The lowest BCUT2D eigenvalue weighted by atomic mass is 10.1. The Morgan fingerprint density at radius 3 is 2.44 bits per heavy atom. The molecule has 0 bridgehead atoms. The van der Waals surface area contributed by atoms with E-state index in [1.807, 2.05) is 25.1 Å². The number of urea groups is 1. The summed E-state index contributed by atoms with van der Waals surface area (Å²) in [5.74, 6) is 0.958. The highest BCUT2D eigenvalue weighted by Crippen LogP contribution is 2.35. The fourth-order valence-corrected chi connectivity index (χ4v) is 3.63. The summed E-state index contributed by atoms with van der Waals surface area (Å²) in [5, 5.41) is 5.15. The number of nitrogens with zero attached hydrogens (tertiary/aromatic N) is 3. The van der Waals surface area contributed by atoms with Crippen LogP contribution in [0.3, 0.4) is 0 Å². The summed E-state index contributed by atoms with van der Waals surface area (Å²) in [6, 6.07) is 13.3. The van der Waals surface area contributed by atoms with Crippen LogP contribution in [-0.2, 0) is 12.7 Å². The number of nitrogens with one attached hydrogen (secondary N) is 2. The summed E-state index contributed by atoms with van der Waals surface area (Å²) in [7, 11) is 1.73. The van der Waals surface area contributed by atoms with Crippen LogP contribution in [0.5, 0.6) is 5.75 Å². The molecule has 1 aromatic heterocycles. The maximum atomic E-state index is 13.2. The molecule has 3 rings (SSSR count). The van der Waals surface area contributed by atoms with E-state index in [1.54, 1.807) is 44.6 Å². The van der Waals surface area contributed by atoms with Gasteiger partial charge >= 0.3 is 12.2 Å². The minimum Gasteiger partial charge on any atom is -0.492 e. The van der Waals surface area contributed by atoms with Crippen molar-refractivity contribution < 1.29 is 22.7 Å². The molecule has 190 valence electrons. The first-order valence-corrected chi connectivity index (χ1v) is 11.4. The first-order valence-electron chi connectivity index (χ1n) is 11.4. The number of aliphatic imine (C=N–C) groups is 1. The van der Waals surface area contributed by atoms with Gasteiger partial charge in [0.1, 0.15) is 11.6 Å². The lowest BCUT2D eigenvalue weighted by molar-refractivity contribution is -0.137. The van der Waals surface area contributed by atoms with Gasteiger partial charge in [-0.1, -0.05) is 12.1 Å². The van der Waals surface area contributed by atoms with Crippen LogP contribution >= 0.6 is 0 Å². The molecular weight excluding hydrogens is 471 g/mol. The van der Waals surface area contributed by atoms with Crippen LogP contribution in [0.4, 0.5) is 29.3 Å². The highest BCUT2D eigenvalue weighted by atomic mass is 19.4. The Morgan fingerprint density at radius 2 is 1.81 bits per heavy atom. The van der Waals surface area contributed by atoms with Crippen molar-refractivity contribution in [1.29, 1.82) is 0 Å². The SMILES string of the molecule is CCOc1ccc(C(F)(F)F)cc1NC(=O)Nc1cccc(CN(CC)C(=NC)c2ccncc2)c1. The molecular formula is C26H28F3N5O2. The second-order valence-electron chi connectivity index (χ2n) is 7.72. The van der Waals surface area contributed by atoms with Crippen LogP contribution in [0.1, 0.15) is 30.5 Å². The number of amides is 2. The molecule has 0 aliphatic heterocycles. The number of aromatic nitrogens is 1. The zero-order chi connectivity index (χ0) is 26.1. The number of halogens is 3. The largest absolute Gasteiger partial charge is 0.492 e. The zero-order valence-electron chi connectivity index (χ0n) is 20.3. The van der Waals surface area contributed by atoms with Crippen molar-refractivity contribution in [2.24, 2.45) is 4.99 Å². The summed E-state index contributed by atoms with van der Waals surface area (Å²) in [6.07, 6.45) is -1.13. The van der Waals surface area contributed by atoms with Gasteiger partial charge in [-0.25, -0.2) is 4.79 Å². The smallest absolute Gasteiger partial charge is 0.416 e. The molecule has 2 aromatic carbocycles. The molecule has 2 N–H and O–H groups in total. The molecule has 0 spiro atoms. The number of carbonyl (C=O) groups is 1. The normalized spacial score (nSPS) is 11.7. The average Bonchev–Trinajstić information content (AvgIpc) is 2.85. The van der Waals surface area contributed by atoms with Crippen LogP contribution < -0.4 is 15.4 Å². The minimum absolute atomic E-state index is 0.0707. The Morgan fingerprint density at radius 1 is 1.06 bits per heavy atom. The minimum atomic E-state index is -4.55. The Bertz CT molecular complexity index is 1200. The highest BCUT2D eigenvalue weighted by Gasteiger charge is 2.31. The first-order chi connectivity index (χ1) is 17.2. The maximum absolute atomic E-state index is 13.2. The van der Waals surface area contributed by atoms with E-state index in [-0.39, 0.29) is 18.0 Å². The summed E-state index contributed by atoms with van der Waals surface area (Å²) in [4.78, 5) is 23.2. The van der Waals surface area contributed by atoms with Crippen LogP contribution in [0.15, 0.2) is 72.0 Å². The van der Waals surface area contributed by atoms with Gasteiger partial charge in [0.15, 0.2) is 0 Å². The average molecular weight is 500 g/mol. The van der Waals surface area contributed by atoms with Crippen molar-refractivity contribution in [2.75, 3.05) is 30.8 Å². The van der Waals surface area contributed by atoms with E-state index in [0.29, 0.717) is 18.8 Å². The third-order valence-electron chi connectivity index (χ3n) is 5.24. The third kappa shape index (κ3) is 6.97. The predicted octanol–water partition coefficient (Wildman–Crippen LogP) is 6.04. The van der Waals surface area contributed by atoms with Crippen LogP contribution in [0, 0.1) is 0 Å². The Hall–Kier alpha value is -4.08. The van der Waals surface area contributed by atoms with Gasteiger partial charge in [0.2, 0.25) is 0 Å². The Balaban J connectivity index is 1.74. The number of alkyl halides is 3. The highest BCUT2D eigenvalue weighted by molar-refractivity contribution is 6.01.